The maximum atomic E-state index is 12.9. The Kier molecular flexibility index (Phi) is 3.83. The highest BCUT2D eigenvalue weighted by Crippen LogP contribution is 2.48. The third-order valence-corrected chi connectivity index (χ3v) is 7.03. The van der Waals surface area contributed by atoms with Gasteiger partial charge in [0.2, 0.25) is 0 Å². The van der Waals surface area contributed by atoms with Gasteiger partial charge in [0, 0.05) is 5.56 Å². The van der Waals surface area contributed by atoms with Gasteiger partial charge in [0.25, 0.3) is 0 Å². The summed E-state index contributed by atoms with van der Waals surface area (Å²) in [5, 5.41) is 0. The van der Waals surface area contributed by atoms with Crippen LogP contribution in [-0.4, -0.2) is 10.1 Å². The Morgan fingerprint density at radius 3 is 2.40 bits per heavy atom. The lowest BCUT2D eigenvalue weighted by atomic mass is 9.79. The van der Waals surface area contributed by atoms with E-state index in [0.717, 1.165) is 29.5 Å². The fraction of sp³-hybridized carbons (Fsp3) is 0.235. The summed E-state index contributed by atoms with van der Waals surface area (Å²) in [5.74, 6) is 0.171. The van der Waals surface area contributed by atoms with Crippen molar-refractivity contribution in [1.29, 1.82) is 0 Å². The molecule has 0 saturated heterocycles. The number of benzene rings is 2. The van der Waals surface area contributed by atoms with Crippen LogP contribution in [0.2, 0.25) is 0 Å². The summed E-state index contributed by atoms with van der Waals surface area (Å²) in [6, 6.07) is 18.0. The lowest BCUT2D eigenvalue weighted by Gasteiger charge is -2.35. The molecule has 102 valence electrons. The second-order valence-corrected chi connectivity index (χ2v) is 7.45. The molecule has 1 aliphatic rings. The summed E-state index contributed by atoms with van der Waals surface area (Å²) in [7, 11) is 0. The molecule has 0 N–H and O–H groups in total. The largest absolute Gasteiger partial charge is 0.293 e. The topological polar surface area (TPSA) is 17.1 Å². The molecule has 0 saturated carbocycles. The summed E-state index contributed by atoms with van der Waals surface area (Å²) in [6.45, 7) is 0. The number of carbonyl (C=O) groups excluding carboxylic acids is 1. The van der Waals surface area contributed by atoms with E-state index in [1.54, 1.807) is 0 Å². The predicted octanol–water partition coefficient (Wildman–Crippen LogP) is 5.09. The second-order valence-electron chi connectivity index (χ2n) is 5.12. The summed E-state index contributed by atoms with van der Waals surface area (Å²) in [4.78, 5) is 12.8. The van der Waals surface area contributed by atoms with E-state index in [0.29, 0.717) is 0 Å². The molecule has 0 fully saturated rings. The molecule has 0 radical (unpaired) electrons. The third-order valence-electron chi connectivity index (χ3n) is 3.89. The lowest BCUT2D eigenvalue weighted by Crippen LogP contribution is -2.40. The van der Waals surface area contributed by atoms with E-state index in [2.05, 4.69) is 44.0 Å². The molecule has 0 spiro atoms. The first kappa shape index (κ1) is 14.0. The number of carbonyl (C=O) groups is 1. The molecule has 2 aromatic carbocycles. The van der Waals surface area contributed by atoms with Crippen LogP contribution in [0.4, 0.5) is 0 Å². The van der Waals surface area contributed by atoms with Crippen molar-refractivity contribution >= 4 is 37.6 Å². The molecular weight excluding hydrogens is 380 g/mol. The van der Waals surface area contributed by atoms with Gasteiger partial charge in [0.1, 0.15) is 4.32 Å². The number of halogens is 2. The number of rotatable bonds is 2. The zero-order valence-corrected chi connectivity index (χ0v) is 14.0. The Labute approximate surface area is 135 Å². The van der Waals surface area contributed by atoms with E-state index in [9.17, 15) is 4.79 Å². The van der Waals surface area contributed by atoms with E-state index >= 15 is 0 Å². The maximum absolute atomic E-state index is 12.9. The third kappa shape index (κ3) is 2.27. The molecule has 0 aromatic heterocycles. The van der Waals surface area contributed by atoms with Gasteiger partial charge in [-0.25, -0.2) is 0 Å². The number of alkyl halides is 2. The molecular formula is C17H14Br2O. The number of Topliss-reactive ketones (excluding diaryl/α,β-unsaturated/α-hetero) is 1. The molecule has 20 heavy (non-hydrogen) atoms. The van der Waals surface area contributed by atoms with Crippen LogP contribution in [0.1, 0.15) is 32.7 Å². The van der Waals surface area contributed by atoms with Crippen LogP contribution in [-0.2, 0) is 6.42 Å². The van der Waals surface area contributed by atoms with Crippen LogP contribution in [0.15, 0.2) is 54.6 Å². The number of ketones is 1. The average molecular weight is 394 g/mol. The zero-order valence-electron chi connectivity index (χ0n) is 10.9. The summed E-state index contributed by atoms with van der Waals surface area (Å²) in [5.41, 5.74) is 3.12. The normalized spacial score (nSPS) is 23.2. The number of hydrogen-bond acceptors (Lipinski definition) is 1. The highest BCUT2D eigenvalue weighted by atomic mass is 79.9. The van der Waals surface area contributed by atoms with Gasteiger partial charge in [0.05, 0.1) is 4.83 Å². The molecule has 0 bridgehead atoms. The van der Waals surface area contributed by atoms with E-state index < -0.39 is 4.32 Å². The van der Waals surface area contributed by atoms with Gasteiger partial charge in [-0.1, -0.05) is 86.5 Å². The zero-order chi connectivity index (χ0) is 14.2. The standard InChI is InChI=1S/C17H14Br2O/c18-15(13-7-2-1-3-8-13)17(19)11-10-12-6-4-5-9-14(12)16(17)20/h1-9,15H,10-11H2/t15-,17+/m1/s1. The van der Waals surface area contributed by atoms with Gasteiger partial charge < -0.3 is 0 Å². The van der Waals surface area contributed by atoms with Gasteiger partial charge in [0.15, 0.2) is 5.78 Å². The van der Waals surface area contributed by atoms with Crippen molar-refractivity contribution in [3.8, 4) is 0 Å². The molecule has 0 amide bonds. The van der Waals surface area contributed by atoms with Crippen LogP contribution in [0.3, 0.4) is 0 Å². The molecule has 0 aliphatic heterocycles. The van der Waals surface area contributed by atoms with Gasteiger partial charge >= 0.3 is 0 Å². The number of hydrogen-bond donors (Lipinski definition) is 0. The molecule has 0 unspecified atom stereocenters. The second kappa shape index (κ2) is 5.45. The monoisotopic (exact) mass is 392 g/mol. The van der Waals surface area contributed by atoms with E-state index in [1.807, 2.05) is 42.5 Å². The van der Waals surface area contributed by atoms with Crippen LogP contribution >= 0.6 is 31.9 Å². The fourth-order valence-corrected chi connectivity index (χ4v) is 4.16. The highest BCUT2D eigenvalue weighted by molar-refractivity contribution is 9.12. The quantitative estimate of drug-likeness (QED) is 0.649. The van der Waals surface area contributed by atoms with E-state index in [-0.39, 0.29) is 10.6 Å². The van der Waals surface area contributed by atoms with Crippen LogP contribution < -0.4 is 0 Å². The Morgan fingerprint density at radius 1 is 1.00 bits per heavy atom. The van der Waals surface area contributed by atoms with Gasteiger partial charge in [-0.2, -0.15) is 0 Å². The van der Waals surface area contributed by atoms with Gasteiger partial charge in [-0.05, 0) is 24.0 Å². The molecule has 3 rings (SSSR count). The first-order valence-electron chi connectivity index (χ1n) is 6.63. The molecule has 2 aromatic rings. The van der Waals surface area contributed by atoms with Crippen molar-refractivity contribution in [3.05, 3.63) is 71.3 Å². The summed E-state index contributed by atoms with van der Waals surface area (Å²) in [6.07, 6.45) is 1.72. The minimum atomic E-state index is -0.567. The van der Waals surface area contributed by atoms with Crippen LogP contribution in [0.25, 0.3) is 0 Å². The summed E-state index contributed by atoms with van der Waals surface area (Å²) >= 11 is 7.47. The predicted molar refractivity (Wildman–Crippen MR) is 88.9 cm³/mol. The SMILES string of the molecule is O=C1c2ccccc2CC[C@]1(Br)[C@H](Br)c1ccccc1. The fourth-order valence-electron chi connectivity index (χ4n) is 2.74. The van der Waals surface area contributed by atoms with Crippen molar-refractivity contribution in [2.45, 2.75) is 22.0 Å². The van der Waals surface area contributed by atoms with Crippen molar-refractivity contribution in [1.82, 2.24) is 0 Å². The minimum Gasteiger partial charge on any atom is -0.293 e. The molecule has 0 heterocycles. The van der Waals surface area contributed by atoms with Crippen LogP contribution in [0.5, 0.6) is 0 Å². The molecule has 2 atom stereocenters. The van der Waals surface area contributed by atoms with Crippen molar-refractivity contribution in [2.24, 2.45) is 0 Å². The smallest absolute Gasteiger partial charge is 0.181 e. The van der Waals surface area contributed by atoms with Gasteiger partial charge in [-0.15, -0.1) is 0 Å². The minimum absolute atomic E-state index is 0.0305. The molecule has 3 heteroatoms. The van der Waals surface area contributed by atoms with Gasteiger partial charge in [-0.3, -0.25) is 4.79 Å². The maximum Gasteiger partial charge on any atom is 0.181 e. The lowest BCUT2D eigenvalue weighted by molar-refractivity contribution is 0.0930. The first-order chi connectivity index (χ1) is 9.63. The Morgan fingerprint density at radius 2 is 1.65 bits per heavy atom. The average Bonchev–Trinajstić information content (AvgIpc) is 2.51. The first-order valence-corrected chi connectivity index (χ1v) is 8.34. The molecule has 1 aliphatic carbocycles. The Balaban J connectivity index is 2.00. The van der Waals surface area contributed by atoms with E-state index in [1.165, 1.54) is 0 Å². The number of aryl methyl sites for hydroxylation is 1. The van der Waals surface area contributed by atoms with Crippen molar-refractivity contribution in [2.75, 3.05) is 0 Å². The van der Waals surface area contributed by atoms with Crippen molar-refractivity contribution in [3.63, 3.8) is 0 Å². The van der Waals surface area contributed by atoms with Crippen molar-refractivity contribution < 1.29 is 4.79 Å². The number of fused-ring (bicyclic) bond motifs is 1. The highest BCUT2D eigenvalue weighted by Gasteiger charge is 2.45. The molecule has 1 nitrogen and oxygen atoms in total. The Hall–Kier alpha value is -0.930. The summed E-state index contributed by atoms with van der Waals surface area (Å²) < 4.78 is -0.567. The Bertz CT molecular complexity index is 638. The van der Waals surface area contributed by atoms with Crippen LogP contribution in [0, 0.1) is 0 Å². The van der Waals surface area contributed by atoms with E-state index in [4.69, 9.17) is 0 Å².